The van der Waals surface area contributed by atoms with Gasteiger partial charge in [-0.15, -0.1) is 0 Å². The first kappa shape index (κ1) is 8.36. The van der Waals surface area contributed by atoms with Crippen LogP contribution < -0.4 is 4.90 Å². The van der Waals surface area contributed by atoms with Gasteiger partial charge in [-0.3, -0.25) is 0 Å². The van der Waals surface area contributed by atoms with Crippen LogP contribution in [0.2, 0.25) is 0 Å². The van der Waals surface area contributed by atoms with Crippen molar-refractivity contribution in [1.29, 1.82) is 0 Å². The van der Waals surface area contributed by atoms with Crippen molar-refractivity contribution in [3.05, 3.63) is 35.4 Å². The lowest BCUT2D eigenvalue weighted by Gasteiger charge is -2.26. The van der Waals surface area contributed by atoms with E-state index in [1.54, 1.807) is 0 Å². The molecule has 1 aliphatic rings. The molecule has 0 atom stereocenters. The summed E-state index contributed by atoms with van der Waals surface area (Å²) in [6.45, 7) is 5.35. The first-order valence-electron chi connectivity index (χ1n) is 4.67. The second-order valence-corrected chi connectivity index (χ2v) is 3.79. The smallest absolute Gasteiger partial charge is 0.0445 e. The van der Waals surface area contributed by atoms with E-state index in [-0.39, 0.29) is 0 Å². The Bertz CT molecular complexity index is 363. The molecule has 0 radical (unpaired) electrons. The average molecular weight is 173 g/mol. The van der Waals surface area contributed by atoms with E-state index in [1.807, 2.05) is 0 Å². The molecule has 0 saturated carbocycles. The van der Waals surface area contributed by atoms with Gasteiger partial charge in [-0.25, -0.2) is 0 Å². The lowest BCUT2D eigenvalue weighted by molar-refractivity contribution is 1.01. The zero-order chi connectivity index (χ0) is 9.42. The van der Waals surface area contributed by atoms with Crippen LogP contribution in [0.4, 0.5) is 5.69 Å². The summed E-state index contributed by atoms with van der Waals surface area (Å²) in [6, 6.07) is 6.65. The molecule has 1 aromatic rings. The topological polar surface area (TPSA) is 3.24 Å². The van der Waals surface area contributed by atoms with Crippen LogP contribution in [0.15, 0.2) is 24.3 Å². The van der Waals surface area contributed by atoms with Crippen LogP contribution in [0, 0.1) is 6.92 Å². The van der Waals surface area contributed by atoms with Crippen molar-refractivity contribution in [3.63, 3.8) is 0 Å². The molecule has 1 heterocycles. The lowest BCUT2D eigenvalue weighted by Crippen LogP contribution is -2.21. The average Bonchev–Trinajstić information content (AvgIpc) is 2.12. The molecule has 1 heteroatoms. The number of nitrogens with zero attached hydrogens (tertiary/aromatic N) is 1. The van der Waals surface area contributed by atoms with Crippen LogP contribution in [0.5, 0.6) is 0 Å². The molecule has 0 unspecified atom stereocenters. The van der Waals surface area contributed by atoms with Gasteiger partial charge in [0.1, 0.15) is 0 Å². The summed E-state index contributed by atoms with van der Waals surface area (Å²) in [6.07, 6.45) is 2.28. The van der Waals surface area contributed by atoms with Crippen molar-refractivity contribution in [1.82, 2.24) is 0 Å². The Kier molecular flexibility index (Phi) is 1.87. The van der Waals surface area contributed by atoms with Crippen LogP contribution in [0.1, 0.15) is 18.1 Å². The number of fused-ring (bicyclic) bond motifs is 1. The minimum Gasteiger partial charge on any atom is -0.370 e. The van der Waals surface area contributed by atoms with Crippen molar-refractivity contribution < 1.29 is 0 Å². The highest BCUT2D eigenvalue weighted by atomic mass is 15.1. The number of hydrogen-bond acceptors (Lipinski definition) is 1. The van der Waals surface area contributed by atoms with E-state index in [4.69, 9.17) is 0 Å². The minimum absolute atomic E-state index is 1.03. The van der Waals surface area contributed by atoms with Crippen molar-refractivity contribution in [2.24, 2.45) is 0 Å². The molecule has 0 saturated heterocycles. The quantitative estimate of drug-likeness (QED) is 0.583. The van der Waals surface area contributed by atoms with E-state index in [0.717, 1.165) is 6.54 Å². The number of aryl methyl sites for hydroxylation is 1. The predicted molar refractivity (Wildman–Crippen MR) is 58.1 cm³/mol. The predicted octanol–water partition coefficient (Wildman–Crippen LogP) is 2.85. The molecule has 0 aromatic heterocycles. The highest BCUT2D eigenvalue weighted by molar-refractivity contribution is 5.79. The highest BCUT2D eigenvalue weighted by Gasteiger charge is 2.12. The lowest BCUT2D eigenvalue weighted by atomic mass is 9.99. The molecule has 68 valence electrons. The molecular formula is C12H15N. The van der Waals surface area contributed by atoms with E-state index >= 15 is 0 Å². The van der Waals surface area contributed by atoms with Crippen LogP contribution in [0.3, 0.4) is 0 Å². The van der Waals surface area contributed by atoms with Crippen molar-refractivity contribution >= 4 is 11.3 Å². The Labute approximate surface area is 79.7 Å². The molecule has 0 amide bonds. The third-order valence-electron chi connectivity index (χ3n) is 2.66. The number of rotatable bonds is 0. The number of allylic oxidation sites excluding steroid dienone is 1. The second kappa shape index (κ2) is 2.91. The number of hydrogen-bond donors (Lipinski definition) is 0. The first-order chi connectivity index (χ1) is 6.18. The van der Waals surface area contributed by atoms with Crippen LogP contribution >= 0.6 is 0 Å². The molecular weight excluding hydrogens is 158 g/mol. The van der Waals surface area contributed by atoms with Gasteiger partial charge in [0.25, 0.3) is 0 Å². The van der Waals surface area contributed by atoms with Gasteiger partial charge in [-0.1, -0.05) is 18.2 Å². The fourth-order valence-corrected chi connectivity index (χ4v) is 1.77. The zero-order valence-corrected chi connectivity index (χ0v) is 8.46. The van der Waals surface area contributed by atoms with Crippen LogP contribution in [0.25, 0.3) is 5.57 Å². The molecule has 13 heavy (non-hydrogen) atoms. The summed E-state index contributed by atoms with van der Waals surface area (Å²) in [5.74, 6) is 0. The zero-order valence-electron chi connectivity index (χ0n) is 8.46. The monoisotopic (exact) mass is 173 g/mol. The van der Waals surface area contributed by atoms with E-state index in [2.05, 4.69) is 50.1 Å². The van der Waals surface area contributed by atoms with E-state index in [0.29, 0.717) is 0 Å². The molecule has 0 fully saturated rings. The molecule has 0 N–H and O–H groups in total. The van der Waals surface area contributed by atoms with E-state index < -0.39 is 0 Å². The van der Waals surface area contributed by atoms with Crippen molar-refractivity contribution in [3.8, 4) is 0 Å². The minimum atomic E-state index is 1.03. The maximum absolute atomic E-state index is 2.29. The molecule has 1 aliphatic heterocycles. The maximum Gasteiger partial charge on any atom is 0.0445 e. The summed E-state index contributed by atoms with van der Waals surface area (Å²) in [5, 5.41) is 0. The Morgan fingerprint density at radius 1 is 1.23 bits per heavy atom. The Balaban J connectivity index is 2.59. The normalized spacial score (nSPS) is 15.3. The molecule has 0 aliphatic carbocycles. The van der Waals surface area contributed by atoms with Gasteiger partial charge in [0, 0.05) is 24.8 Å². The first-order valence-corrected chi connectivity index (χ1v) is 4.67. The number of benzene rings is 1. The van der Waals surface area contributed by atoms with Crippen LogP contribution in [-0.4, -0.2) is 13.6 Å². The Morgan fingerprint density at radius 2 is 2.00 bits per heavy atom. The van der Waals surface area contributed by atoms with Gasteiger partial charge in [0.05, 0.1) is 0 Å². The molecule has 0 bridgehead atoms. The largest absolute Gasteiger partial charge is 0.370 e. The SMILES string of the molecule is CC1=CCN(C)c2cc(C)ccc21. The maximum atomic E-state index is 2.29. The fourth-order valence-electron chi connectivity index (χ4n) is 1.77. The number of likely N-dealkylation sites (N-methyl/N-ethyl adjacent to an activating group) is 1. The summed E-state index contributed by atoms with van der Waals surface area (Å²) < 4.78 is 0. The second-order valence-electron chi connectivity index (χ2n) is 3.79. The molecule has 2 rings (SSSR count). The van der Waals surface area contributed by atoms with Gasteiger partial charge in [-0.05, 0) is 31.1 Å². The van der Waals surface area contributed by atoms with E-state index in [9.17, 15) is 0 Å². The van der Waals surface area contributed by atoms with Gasteiger partial charge < -0.3 is 4.90 Å². The van der Waals surface area contributed by atoms with Crippen molar-refractivity contribution in [2.45, 2.75) is 13.8 Å². The molecule has 1 nitrogen and oxygen atoms in total. The van der Waals surface area contributed by atoms with Gasteiger partial charge in [0.2, 0.25) is 0 Å². The summed E-state index contributed by atoms with van der Waals surface area (Å²) in [5.41, 5.74) is 5.47. The fraction of sp³-hybridized carbons (Fsp3) is 0.333. The van der Waals surface area contributed by atoms with E-state index in [1.165, 1.54) is 22.4 Å². The Hall–Kier alpha value is -1.24. The highest BCUT2D eigenvalue weighted by Crippen LogP contribution is 2.30. The summed E-state index contributed by atoms with van der Waals surface area (Å²) in [4.78, 5) is 2.29. The van der Waals surface area contributed by atoms with Crippen molar-refractivity contribution in [2.75, 3.05) is 18.5 Å². The third-order valence-corrected chi connectivity index (χ3v) is 2.66. The molecule has 0 spiro atoms. The molecule has 1 aromatic carbocycles. The third kappa shape index (κ3) is 1.35. The van der Waals surface area contributed by atoms with Gasteiger partial charge in [0.15, 0.2) is 0 Å². The summed E-state index contributed by atoms with van der Waals surface area (Å²) >= 11 is 0. The van der Waals surface area contributed by atoms with Gasteiger partial charge >= 0.3 is 0 Å². The van der Waals surface area contributed by atoms with Gasteiger partial charge in [-0.2, -0.15) is 0 Å². The van der Waals surface area contributed by atoms with Crippen LogP contribution in [-0.2, 0) is 0 Å². The Morgan fingerprint density at radius 3 is 2.77 bits per heavy atom. The summed E-state index contributed by atoms with van der Waals surface area (Å²) in [7, 11) is 2.14. The standard InChI is InChI=1S/C12H15N/c1-9-4-5-11-10(2)6-7-13(3)12(11)8-9/h4-6,8H,7H2,1-3H3. The number of anilines is 1.